The van der Waals surface area contributed by atoms with E-state index in [1.165, 1.54) is 25.7 Å². The Morgan fingerprint density at radius 2 is 2.06 bits per heavy atom. The predicted molar refractivity (Wildman–Crippen MR) is 74.4 cm³/mol. The van der Waals surface area contributed by atoms with Gasteiger partial charge in [0.05, 0.1) is 11.9 Å². The molecule has 1 aliphatic rings. The largest absolute Gasteiger partial charge is 0.352 e. The zero-order valence-electron chi connectivity index (χ0n) is 11.5. The van der Waals surface area contributed by atoms with Crippen molar-refractivity contribution in [2.75, 3.05) is 11.4 Å². The molecule has 2 N–H and O–H groups in total. The van der Waals surface area contributed by atoms with Crippen molar-refractivity contribution in [3.8, 4) is 0 Å². The maximum atomic E-state index is 5.65. The average Bonchev–Trinajstić information content (AvgIpc) is 2.89. The molecule has 0 amide bonds. The van der Waals surface area contributed by atoms with Crippen molar-refractivity contribution in [3.63, 3.8) is 0 Å². The summed E-state index contributed by atoms with van der Waals surface area (Å²) in [5.41, 5.74) is 6.53. The molecule has 1 saturated carbocycles. The molecule has 4 heteroatoms. The first-order valence-corrected chi connectivity index (χ1v) is 6.98. The molecule has 100 valence electrons. The quantitative estimate of drug-likeness (QED) is 0.869. The highest BCUT2D eigenvalue weighted by molar-refractivity contribution is 5.38. The lowest BCUT2D eigenvalue weighted by molar-refractivity contribution is 0.530. The Labute approximate surface area is 110 Å². The zero-order chi connectivity index (χ0) is 13.0. The van der Waals surface area contributed by atoms with E-state index in [-0.39, 0.29) is 0 Å². The second-order valence-corrected chi connectivity index (χ2v) is 5.56. The Balaban J connectivity index is 2.20. The number of nitrogens with zero attached hydrogens (tertiary/aromatic N) is 3. The van der Waals surface area contributed by atoms with Crippen LogP contribution in [-0.2, 0) is 6.54 Å². The number of aromatic nitrogens is 2. The SMILES string of the molecule is CC(C)CN(c1cncc(CN)n1)C1CCCC1. The van der Waals surface area contributed by atoms with Crippen LogP contribution in [0.4, 0.5) is 5.82 Å². The summed E-state index contributed by atoms with van der Waals surface area (Å²) < 4.78 is 0. The number of nitrogens with two attached hydrogens (primary N) is 1. The van der Waals surface area contributed by atoms with Gasteiger partial charge in [-0.25, -0.2) is 4.98 Å². The van der Waals surface area contributed by atoms with Gasteiger partial charge in [0.1, 0.15) is 5.82 Å². The molecule has 0 atom stereocenters. The van der Waals surface area contributed by atoms with E-state index in [4.69, 9.17) is 5.73 Å². The van der Waals surface area contributed by atoms with Gasteiger partial charge in [-0.3, -0.25) is 4.98 Å². The van der Waals surface area contributed by atoms with E-state index < -0.39 is 0 Å². The highest BCUT2D eigenvalue weighted by atomic mass is 15.2. The van der Waals surface area contributed by atoms with Gasteiger partial charge in [0, 0.05) is 25.3 Å². The first-order valence-electron chi connectivity index (χ1n) is 6.98. The molecule has 18 heavy (non-hydrogen) atoms. The van der Waals surface area contributed by atoms with Crippen molar-refractivity contribution in [1.29, 1.82) is 0 Å². The Morgan fingerprint density at radius 1 is 1.33 bits per heavy atom. The molecule has 1 heterocycles. The smallest absolute Gasteiger partial charge is 0.147 e. The molecule has 0 bridgehead atoms. The monoisotopic (exact) mass is 248 g/mol. The number of hydrogen-bond donors (Lipinski definition) is 1. The van der Waals surface area contributed by atoms with Gasteiger partial charge in [-0.05, 0) is 18.8 Å². The minimum atomic E-state index is 0.459. The summed E-state index contributed by atoms with van der Waals surface area (Å²) in [6.45, 7) is 6.01. The Kier molecular flexibility index (Phi) is 4.53. The fraction of sp³-hybridized carbons (Fsp3) is 0.714. The van der Waals surface area contributed by atoms with Crippen LogP contribution in [-0.4, -0.2) is 22.6 Å². The molecule has 1 aromatic heterocycles. The third-order valence-corrected chi connectivity index (χ3v) is 3.50. The van der Waals surface area contributed by atoms with E-state index in [0.29, 0.717) is 18.5 Å². The third kappa shape index (κ3) is 3.19. The first kappa shape index (κ1) is 13.3. The number of rotatable bonds is 5. The van der Waals surface area contributed by atoms with Crippen LogP contribution in [0.1, 0.15) is 45.2 Å². The molecule has 1 fully saturated rings. The van der Waals surface area contributed by atoms with E-state index in [0.717, 1.165) is 18.1 Å². The van der Waals surface area contributed by atoms with E-state index >= 15 is 0 Å². The Morgan fingerprint density at radius 3 is 2.67 bits per heavy atom. The summed E-state index contributed by atoms with van der Waals surface area (Å²) in [6, 6.07) is 0.634. The van der Waals surface area contributed by atoms with Crippen LogP contribution in [0.5, 0.6) is 0 Å². The zero-order valence-corrected chi connectivity index (χ0v) is 11.5. The van der Waals surface area contributed by atoms with Crippen molar-refractivity contribution in [1.82, 2.24) is 9.97 Å². The molecular formula is C14H24N4. The molecule has 1 aromatic rings. The van der Waals surface area contributed by atoms with Crippen molar-refractivity contribution in [2.45, 2.75) is 52.1 Å². The minimum absolute atomic E-state index is 0.459. The van der Waals surface area contributed by atoms with E-state index in [2.05, 4.69) is 28.7 Å². The van der Waals surface area contributed by atoms with Gasteiger partial charge in [0.25, 0.3) is 0 Å². The first-order chi connectivity index (χ1) is 8.70. The molecule has 0 radical (unpaired) electrons. The Bertz CT molecular complexity index is 372. The fourth-order valence-electron chi connectivity index (χ4n) is 2.67. The van der Waals surface area contributed by atoms with Gasteiger partial charge in [-0.1, -0.05) is 26.7 Å². The maximum Gasteiger partial charge on any atom is 0.147 e. The van der Waals surface area contributed by atoms with Crippen LogP contribution in [0.2, 0.25) is 0 Å². The molecule has 2 rings (SSSR count). The van der Waals surface area contributed by atoms with Gasteiger partial charge in [-0.2, -0.15) is 0 Å². The summed E-state index contributed by atoms with van der Waals surface area (Å²) in [6.07, 6.45) is 8.86. The van der Waals surface area contributed by atoms with Crippen LogP contribution in [0.3, 0.4) is 0 Å². The van der Waals surface area contributed by atoms with E-state index in [1.807, 2.05) is 6.20 Å². The van der Waals surface area contributed by atoms with Gasteiger partial charge < -0.3 is 10.6 Å². The molecule has 0 unspecified atom stereocenters. The topological polar surface area (TPSA) is 55.0 Å². The molecular weight excluding hydrogens is 224 g/mol. The summed E-state index contributed by atoms with van der Waals surface area (Å²) in [4.78, 5) is 11.3. The molecule has 0 spiro atoms. The average molecular weight is 248 g/mol. The highest BCUT2D eigenvalue weighted by Gasteiger charge is 2.24. The lowest BCUT2D eigenvalue weighted by Crippen LogP contribution is -2.37. The molecule has 0 aliphatic heterocycles. The van der Waals surface area contributed by atoms with Crippen LogP contribution in [0.25, 0.3) is 0 Å². The van der Waals surface area contributed by atoms with Gasteiger partial charge in [0.15, 0.2) is 0 Å². The summed E-state index contributed by atoms with van der Waals surface area (Å²) >= 11 is 0. The lowest BCUT2D eigenvalue weighted by atomic mass is 10.1. The van der Waals surface area contributed by atoms with Crippen molar-refractivity contribution in [2.24, 2.45) is 11.7 Å². The molecule has 0 saturated heterocycles. The van der Waals surface area contributed by atoms with Crippen LogP contribution in [0.15, 0.2) is 12.4 Å². The fourth-order valence-corrected chi connectivity index (χ4v) is 2.67. The molecule has 4 nitrogen and oxygen atoms in total. The van der Waals surface area contributed by atoms with Crippen molar-refractivity contribution < 1.29 is 0 Å². The second kappa shape index (κ2) is 6.14. The van der Waals surface area contributed by atoms with Gasteiger partial charge >= 0.3 is 0 Å². The second-order valence-electron chi connectivity index (χ2n) is 5.56. The van der Waals surface area contributed by atoms with E-state index in [9.17, 15) is 0 Å². The summed E-state index contributed by atoms with van der Waals surface area (Å²) in [5, 5.41) is 0. The highest BCUT2D eigenvalue weighted by Crippen LogP contribution is 2.27. The summed E-state index contributed by atoms with van der Waals surface area (Å²) in [5.74, 6) is 1.63. The van der Waals surface area contributed by atoms with Crippen LogP contribution >= 0.6 is 0 Å². The van der Waals surface area contributed by atoms with E-state index in [1.54, 1.807) is 6.20 Å². The van der Waals surface area contributed by atoms with Crippen LogP contribution < -0.4 is 10.6 Å². The lowest BCUT2D eigenvalue weighted by Gasteiger charge is -2.31. The van der Waals surface area contributed by atoms with Crippen molar-refractivity contribution >= 4 is 5.82 Å². The normalized spacial score (nSPS) is 16.4. The molecule has 1 aliphatic carbocycles. The minimum Gasteiger partial charge on any atom is -0.352 e. The third-order valence-electron chi connectivity index (χ3n) is 3.50. The maximum absolute atomic E-state index is 5.65. The summed E-state index contributed by atoms with van der Waals surface area (Å²) in [7, 11) is 0. The Hall–Kier alpha value is -1.16. The van der Waals surface area contributed by atoms with Gasteiger partial charge in [-0.15, -0.1) is 0 Å². The number of hydrogen-bond acceptors (Lipinski definition) is 4. The van der Waals surface area contributed by atoms with Crippen molar-refractivity contribution in [3.05, 3.63) is 18.1 Å². The van der Waals surface area contributed by atoms with Gasteiger partial charge in [0.2, 0.25) is 0 Å². The standard InChI is InChI=1S/C14H24N4/c1-11(2)10-18(13-5-3-4-6-13)14-9-16-8-12(7-15)17-14/h8-9,11,13H,3-7,10,15H2,1-2H3. The predicted octanol–water partition coefficient (Wildman–Crippen LogP) is 2.34. The number of anilines is 1. The van der Waals surface area contributed by atoms with Crippen LogP contribution in [0, 0.1) is 5.92 Å². The molecule has 0 aromatic carbocycles.